The molecule has 2 rings (SSSR count). The molecule has 0 N–H and O–H groups in total. The zero-order valence-corrected chi connectivity index (χ0v) is 12.9. The fourth-order valence-corrected chi connectivity index (χ4v) is 2.26. The lowest BCUT2D eigenvalue weighted by molar-refractivity contribution is -0.145. The monoisotopic (exact) mass is 300 g/mol. The van der Waals surface area contributed by atoms with Crippen molar-refractivity contribution in [3.63, 3.8) is 0 Å². The van der Waals surface area contributed by atoms with Crippen LogP contribution in [0.3, 0.4) is 0 Å². The Labute approximate surface area is 129 Å². The van der Waals surface area contributed by atoms with Crippen LogP contribution in [0, 0.1) is 12.8 Å². The number of imidazole rings is 1. The molecule has 0 bridgehead atoms. The number of esters is 1. The summed E-state index contributed by atoms with van der Waals surface area (Å²) in [6, 6.07) is 8.03. The molecule has 0 saturated heterocycles. The molecule has 116 valence electrons. The minimum Gasteiger partial charge on any atom is -0.466 e. The van der Waals surface area contributed by atoms with Gasteiger partial charge < -0.3 is 14.1 Å². The summed E-state index contributed by atoms with van der Waals surface area (Å²) in [5.74, 6) is 0.0183. The van der Waals surface area contributed by atoms with Crippen molar-refractivity contribution in [1.82, 2.24) is 9.55 Å². The highest BCUT2D eigenvalue weighted by Crippen LogP contribution is 2.19. The Balaban J connectivity index is 2.13. The van der Waals surface area contributed by atoms with Gasteiger partial charge >= 0.3 is 5.97 Å². The van der Waals surface area contributed by atoms with E-state index < -0.39 is 5.92 Å². The van der Waals surface area contributed by atoms with E-state index in [2.05, 4.69) is 4.98 Å². The molecule has 1 heterocycles. The maximum absolute atomic E-state index is 11.5. The first-order valence-electron chi connectivity index (χ1n) is 7.33. The Morgan fingerprint density at radius 1 is 1.36 bits per heavy atom. The Morgan fingerprint density at radius 3 is 2.73 bits per heavy atom. The van der Waals surface area contributed by atoms with Gasteiger partial charge in [-0.25, -0.2) is 4.98 Å². The van der Waals surface area contributed by atoms with Crippen molar-refractivity contribution in [2.24, 2.45) is 5.92 Å². The molecular formula is C17H20N2O3. The van der Waals surface area contributed by atoms with E-state index in [9.17, 15) is 9.59 Å². The number of nitrogens with zero attached hydrogens (tertiary/aromatic N) is 2. The van der Waals surface area contributed by atoms with Gasteiger partial charge in [-0.05, 0) is 13.8 Å². The normalized spacial score (nSPS) is 11.9. The van der Waals surface area contributed by atoms with E-state index in [0.29, 0.717) is 13.2 Å². The maximum atomic E-state index is 11.5. The lowest BCUT2D eigenvalue weighted by Crippen LogP contribution is -2.18. The van der Waals surface area contributed by atoms with Crippen LogP contribution in [0.1, 0.15) is 18.9 Å². The Hall–Kier alpha value is -2.43. The van der Waals surface area contributed by atoms with E-state index in [4.69, 9.17) is 4.74 Å². The summed E-state index contributed by atoms with van der Waals surface area (Å²) in [4.78, 5) is 27.1. The van der Waals surface area contributed by atoms with Gasteiger partial charge in [-0.1, -0.05) is 29.8 Å². The second kappa shape index (κ2) is 7.54. The van der Waals surface area contributed by atoms with Crippen LogP contribution in [0.4, 0.5) is 0 Å². The summed E-state index contributed by atoms with van der Waals surface area (Å²) >= 11 is 0. The summed E-state index contributed by atoms with van der Waals surface area (Å²) in [5.41, 5.74) is 2.16. The number of carbonyl (C=O) groups is 2. The van der Waals surface area contributed by atoms with Gasteiger partial charge in [0.15, 0.2) is 0 Å². The minimum atomic E-state index is -0.419. The molecule has 1 aromatic carbocycles. The standard InChI is InChI=1S/C17H20N2O3/c1-3-22-16(21)10-14(12-20)11-19-9-8-18-17(19)15-6-4-13(2)5-7-15/h4-9,12,14H,3,10-11H2,1-2H3. The smallest absolute Gasteiger partial charge is 0.306 e. The molecule has 0 radical (unpaired) electrons. The Morgan fingerprint density at radius 2 is 2.09 bits per heavy atom. The number of hydrogen-bond donors (Lipinski definition) is 0. The van der Waals surface area contributed by atoms with Gasteiger partial charge in [-0.15, -0.1) is 0 Å². The number of rotatable bonds is 7. The molecule has 1 unspecified atom stereocenters. The molecule has 0 saturated carbocycles. The zero-order chi connectivity index (χ0) is 15.9. The second-order valence-corrected chi connectivity index (χ2v) is 5.17. The number of aldehydes is 1. The molecule has 2 aromatic rings. The quantitative estimate of drug-likeness (QED) is 0.582. The molecular weight excluding hydrogens is 280 g/mol. The van der Waals surface area contributed by atoms with Crippen LogP contribution in [0.25, 0.3) is 11.4 Å². The average molecular weight is 300 g/mol. The van der Waals surface area contributed by atoms with E-state index in [1.807, 2.05) is 42.0 Å². The van der Waals surface area contributed by atoms with Gasteiger partial charge in [0.2, 0.25) is 0 Å². The molecule has 0 amide bonds. The third-order valence-corrected chi connectivity index (χ3v) is 3.38. The van der Waals surface area contributed by atoms with E-state index in [1.54, 1.807) is 13.1 Å². The number of benzene rings is 1. The molecule has 5 heteroatoms. The highest BCUT2D eigenvalue weighted by molar-refractivity contribution is 5.73. The largest absolute Gasteiger partial charge is 0.466 e. The molecule has 5 nitrogen and oxygen atoms in total. The van der Waals surface area contributed by atoms with E-state index in [0.717, 1.165) is 17.7 Å². The molecule has 1 aromatic heterocycles. The van der Waals surface area contributed by atoms with Crippen LogP contribution in [-0.4, -0.2) is 28.4 Å². The predicted molar refractivity (Wildman–Crippen MR) is 83.2 cm³/mol. The highest BCUT2D eigenvalue weighted by Gasteiger charge is 2.16. The van der Waals surface area contributed by atoms with Crippen LogP contribution >= 0.6 is 0 Å². The van der Waals surface area contributed by atoms with Crippen molar-refractivity contribution in [2.75, 3.05) is 6.61 Å². The molecule has 0 spiro atoms. The van der Waals surface area contributed by atoms with Gasteiger partial charge in [0.25, 0.3) is 0 Å². The summed E-state index contributed by atoms with van der Waals surface area (Å²) < 4.78 is 6.79. The lowest BCUT2D eigenvalue weighted by atomic mass is 10.1. The van der Waals surface area contributed by atoms with Gasteiger partial charge in [-0.3, -0.25) is 4.79 Å². The van der Waals surface area contributed by atoms with Crippen molar-refractivity contribution < 1.29 is 14.3 Å². The number of aromatic nitrogens is 2. The predicted octanol–water partition coefficient (Wildman–Crippen LogP) is 2.63. The van der Waals surface area contributed by atoms with Crippen LogP contribution in [-0.2, 0) is 20.9 Å². The molecule has 1 atom stereocenters. The zero-order valence-electron chi connectivity index (χ0n) is 12.9. The first-order chi connectivity index (χ1) is 10.6. The summed E-state index contributed by atoms with van der Waals surface area (Å²) in [7, 11) is 0. The van der Waals surface area contributed by atoms with Crippen LogP contribution in [0.2, 0.25) is 0 Å². The van der Waals surface area contributed by atoms with Crippen molar-refractivity contribution in [3.05, 3.63) is 42.2 Å². The van der Waals surface area contributed by atoms with E-state index in [-0.39, 0.29) is 12.4 Å². The average Bonchev–Trinajstić information content (AvgIpc) is 2.95. The maximum Gasteiger partial charge on any atom is 0.306 e. The SMILES string of the molecule is CCOC(=O)CC(C=O)Cn1ccnc1-c1ccc(C)cc1. The van der Waals surface area contributed by atoms with Gasteiger partial charge in [-0.2, -0.15) is 0 Å². The topological polar surface area (TPSA) is 61.2 Å². The summed E-state index contributed by atoms with van der Waals surface area (Å²) in [6.45, 7) is 4.51. The number of carbonyl (C=O) groups excluding carboxylic acids is 2. The third-order valence-electron chi connectivity index (χ3n) is 3.38. The minimum absolute atomic E-state index is 0.0862. The molecule has 22 heavy (non-hydrogen) atoms. The Bertz CT molecular complexity index is 632. The van der Waals surface area contributed by atoms with E-state index >= 15 is 0 Å². The first kappa shape index (κ1) is 15.9. The van der Waals surface area contributed by atoms with Crippen LogP contribution in [0.5, 0.6) is 0 Å². The second-order valence-electron chi connectivity index (χ2n) is 5.17. The molecule has 0 fully saturated rings. The number of ether oxygens (including phenoxy) is 1. The van der Waals surface area contributed by atoms with Crippen molar-refractivity contribution in [3.8, 4) is 11.4 Å². The lowest BCUT2D eigenvalue weighted by Gasteiger charge is -2.13. The fraction of sp³-hybridized carbons (Fsp3) is 0.353. The molecule has 0 aliphatic rings. The first-order valence-corrected chi connectivity index (χ1v) is 7.33. The number of hydrogen-bond acceptors (Lipinski definition) is 4. The number of aryl methyl sites for hydroxylation is 1. The van der Waals surface area contributed by atoms with Crippen LogP contribution < -0.4 is 0 Å². The molecule has 0 aliphatic carbocycles. The van der Waals surface area contributed by atoms with E-state index in [1.165, 1.54) is 5.56 Å². The highest BCUT2D eigenvalue weighted by atomic mass is 16.5. The van der Waals surface area contributed by atoms with Crippen molar-refractivity contribution in [2.45, 2.75) is 26.8 Å². The van der Waals surface area contributed by atoms with Crippen molar-refractivity contribution in [1.29, 1.82) is 0 Å². The van der Waals surface area contributed by atoms with Crippen LogP contribution in [0.15, 0.2) is 36.7 Å². The fourth-order valence-electron chi connectivity index (χ4n) is 2.26. The Kier molecular flexibility index (Phi) is 5.47. The molecule has 0 aliphatic heterocycles. The summed E-state index contributed by atoms with van der Waals surface area (Å²) in [5, 5.41) is 0. The van der Waals surface area contributed by atoms with Crippen molar-refractivity contribution >= 4 is 12.3 Å². The van der Waals surface area contributed by atoms with Gasteiger partial charge in [0, 0.05) is 30.4 Å². The van der Waals surface area contributed by atoms with Gasteiger partial charge in [0.05, 0.1) is 13.0 Å². The summed E-state index contributed by atoms with van der Waals surface area (Å²) in [6.07, 6.45) is 4.40. The third kappa shape index (κ3) is 4.04. The van der Waals surface area contributed by atoms with Gasteiger partial charge in [0.1, 0.15) is 12.1 Å².